The van der Waals surface area contributed by atoms with Gasteiger partial charge in [-0.3, -0.25) is 9.36 Å². The van der Waals surface area contributed by atoms with E-state index in [2.05, 4.69) is 25.9 Å². The van der Waals surface area contributed by atoms with Crippen LogP contribution in [0, 0.1) is 11.3 Å². The van der Waals surface area contributed by atoms with E-state index in [0.29, 0.717) is 50.2 Å². The zero-order valence-corrected chi connectivity index (χ0v) is 20.3. The fraction of sp³-hybridized carbons (Fsp3) is 0.240. The number of nitrogens with zero attached hydrogens (tertiary/aromatic N) is 7. The van der Waals surface area contributed by atoms with E-state index in [9.17, 15) is 10.1 Å². The van der Waals surface area contributed by atoms with Gasteiger partial charge in [-0.1, -0.05) is 24.6 Å². The lowest BCUT2D eigenvalue weighted by molar-refractivity contribution is 0.376. The van der Waals surface area contributed by atoms with Gasteiger partial charge in [0.2, 0.25) is 0 Å². The second-order valence-corrected chi connectivity index (χ2v) is 9.14. The number of nitriles is 1. The van der Waals surface area contributed by atoms with Crippen LogP contribution in [0.5, 0.6) is 5.75 Å². The van der Waals surface area contributed by atoms with Gasteiger partial charge >= 0.3 is 0 Å². The third kappa shape index (κ3) is 3.24. The van der Waals surface area contributed by atoms with Gasteiger partial charge in [0.1, 0.15) is 41.0 Å². The predicted molar refractivity (Wildman–Crippen MR) is 135 cm³/mol. The van der Waals surface area contributed by atoms with Crippen molar-refractivity contribution in [2.24, 2.45) is 0 Å². The van der Waals surface area contributed by atoms with Gasteiger partial charge in [-0.05, 0) is 24.6 Å². The van der Waals surface area contributed by atoms with Crippen LogP contribution in [-0.2, 0) is 0 Å². The van der Waals surface area contributed by atoms with E-state index in [4.69, 9.17) is 21.4 Å². The monoisotopic (exact) mass is 500 g/mol. The highest BCUT2D eigenvalue weighted by Gasteiger charge is 2.38. The number of hydrogen-bond acceptors (Lipinski definition) is 7. The van der Waals surface area contributed by atoms with Gasteiger partial charge in [-0.15, -0.1) is 0 Å². The lowest BCUT2D eigenvalue weighted by Crippen LogP contribution is -2.52. The summed E-state index contributed by atoms with van der Waals surface area (Å²) in [4.78, 5) is 27.7. The number of nitrogens with one attached hydrogen (secondary N) is 1. The van der Waals surface area contributed by atoms with Crippen LogP contribution in [0.25, 0.3) is 22.2 Å². The molecule has 0 saturated carbocycles. The van der Waals surface area contributed by atoms with Crippen LogP contribution in [0.15, 0.2) is 53.8 Å². The maximum absolute atomic E-state index is 13.7. The maximum Gasteiger partial charge on any atom is 0.284 e. The Labute approximate surface area is 210 Å². The minimum Gasteiger partial charge on any atom is -0.497 e. The summed E-state index contributed by atoms with van der Waals surface area (Å²) in [5.41, 5.74) is 1.80. The van der Waals surface area contributed by atoms with E-state index in [0.717, 1.165) is 13.0 Å². The highest BCUT2D eigenvalue weighted by molar-refractivity contribution is 6.33. The number of anilines is 1. The Morgan fingerprint density at radius 3 is 2.92 bits per heavy atom. The van der Waals surface area contributed by atoms with Crippen molar-refractivity contribution in [2.75, 3.05) is 18.6 Å². The number of methoxy groups -OCH3 is 1. The Hall–Kier alpha value is -4.36. The van der Waals surface area contributed by atoms with Crippen LogP contribution in [-0.4, -0.2) is 48.8 Å². The Kier molecular flexibility index (Phi) is 5.16. The first-order valence-corrected chi connectivity index (χ1v) is 11.8. The molecule has 2 atom stereocenters. The average Bonchev–Trinajstić information content (AvgIpc) is 3.47. The lowest BCUT2D eigenvalue weighted by Gasteiger charge is -2.45. The molecule has 0 aliphatic carbocycles. The van der Waals surface area contributed by atoms with Crippen molar-refractivity contribution in [2.45, 2.75) is 25.3 Å². The number of benzene rings is 1. The van der Waals surface area contributed by atoms with Crippen molar-refractivity contribution in [1.29, 1.82) is 5.26 Å². The van der Waals surface area contributed by atoms with Crippen LogP contribution in [0.2, 0.25) is 5.02 Å². The highest BCUT2D eigenvalue weighted by atomic mass is 35.5. The Bertz CT molecular complexity index is 1730. The third-order valence-electron chi connectivity index (χ3n) is 6.87. The van der Waals surface area contributed by atoms with Crippen molar-refractivity contribution in [1.82, 2.24) is 29.1 Å². The van der Waals surface area contributed by atoms with Crippen molar-refractivity contribution >= 4 is 34.0 Å². The Morgan fingerprint density at radius 2 is 2.17 bits per heavy atom. The predicted octanol–water partition coefficient (Wildman–Crippen LogP) is 3.67. The molecule has 0 amide bonds. The second kappa shape index (κ2) is 8.39. The molecule has 5 heterocycles. The van der Waals surface area contributed by atoms with E-state index in [1.54, 1.807) is 40.7 Å². The maximum atomic E-state index is 13.7. The first kappa shape index (κ1) is 22.1. The first-order chi connectivity index (χ1) is 17.5. The number of aromatic amines is 1. The number of ether oxygens (including phenoxy) is 1. The number of rotatable bonds is 5. The topological polar surface area (TPSA) is 117 Å². The van der Waals surface area contributed by atoms with Gasteiger partial charge in [0, 0.05) is 37.0 Å². The lowest BCUT2D eigenvalue weighted by atomic mass is 9.89. The summed E-state index contributed by atoms with van der Waals surface area (Å²) in [5.74, 6) is 1.74. The second-order valence-electron chi connectivity index (χ2n) is 8.73. The fourth-order valence-electron chi connectivity index (χ4n) is 4.96. The molecule has 1 aliphatic rings. The molecule has 0 spiro atoms. The summed E-state index contributed by atoms with van der Waals surface area (Å²) in [6.45, 7) is 2.81. The first-order valence-electron chi connectivity index (χ1n) is 11.4. The van der Waals surface area contributed by atoms with Gasteiger partial charge < -0.3 is 14.6 Å². The van der Waals surface area contributed by atoms with Crippen LogP contribution in [0.4, 0.5) is 5.82 Å². The number of aromatic nitrogens is 6. The van der Waals surface area contributed by atoms with Crippen LogP contribution in [0.1, 0.15) is 30.7 Å². The molecule has 36 heavy (non-hydrogen) atoms. The highest BCUT2D eigenvalue weighted by Crippen LogP contribution is 2.38. The number of hydrogen-bond donors (Lipinski definition) is 1. The molecule has 0 bridgehead atoms. The molecule has 1 aromatic carbocycles. The molecule has 1 N–H and O–H groups in total. The summed E-state index contributed by atoms with van der Waals surface area (Å²) in [7, 11) is 1.59. The molecular formula is C25H21ClN8O2. The fourth-order valence-corrected chi connectivity index (χ4v) is 5.18. The van der Waals surface area contributed by atoms with Gasteiger partial charge in [-0.2, -0.15) is 10.4 Å². The minimum absolute atomic E-state index is 0.00298. The summed E-state index contributed by atoms with van der Waals surface area (Å²) in [6, 6.07) is 11.2. The molecule has 4 aromatic heterocycles. The molecule has 0 radical (unpaired) electrons. The zero-order chi connectivity index (χ0) is 25.0. The molecule has 1 saturated heterocycles. The summed E-state index contributed by atoms with van der Waals surface area (Å²) in [5, 5.41) is 15.5. The molecule has 5 aromatic rings. The standard InChI is InChI=1S/C25H21ClN8O2/c1-14(19-7-8-32(19)24-20-15(11-27)12-28-22(20)29-13-30-24)23-31-33-9-6-18(26)21(33)25(35)34(23)16-4-3-5-17(10-16)36-2/h3-6,9-10,12-14,19H,7-8H2,1-2H3,(H,28,29,30)/t14?,19-/m0/s1. The van der Waals surface area contributed by atoms with E-state index < -0.39 is 0 Å². The SMILES string of the molecule is COc1cccc(-n2c(C(C)[C@@H]3CCN3c3ncnc4[nH]cc(C#N)c34)nn3ccc(Cl)c3c2=O)c1. The Balaban J connectivity index is 1.50. The Morgan fingerprint density at radius 1 is 1.31 bits per heavy atom. The van der Waals surface area contributed by atoms with Crippen molar-refractivity contribution in [3.8, 4) is 17.5 Å². The van der Waals surface area contributed by atoms with E-state index in [-0.39, 0.29) is 17.5 Å². The van der Waals surface area contributed by atoms with E-state index in [1.807, 2.05) is 25.1 Å². The smallest absolute Gasteiger partial charge is 0.284 e. The van der Waals surface area contributed by atoms with E-state index >= 15 is 0 Å². The van der Waals surface area contributed by atoms with Crippen LogP contribution >= 0.6 is 11.6 Å². The molecule has 1 fully saturated rings. The molecular weight excluding hydrogens is 480 g/mol. The largest absolute Gasteiger partial charge is 0.497 e. The van der Waals surface area contributed by atoms with Gasteiger partial charge in [0.05, 0.1) is 28.8 Å². The van der Waals surface area contributed by atoms with Crippen molar-refractivity contribution < 1.29 is 4.74 Å². The normalized spacial score (nSPS) is 16.2. The molecule has 1 unspecified atom stereocenters. The van der Waals surface area contributed by atoms with Crippen molar-refractivity contribution in [3.05, 3.63) is 75.8 Å². The number of H-pyrrole nitrogens is 1. The number of fused-ring (bicyclic) bond motifs is 2. The van der Waals surface area contributed by atoms with Gasteiger partial charge in [0.25, 0.3) is 5.56 Å². The summed E-state index contributed by atoms with van der Waals surface area (Å²) in [6.07, 6.45) is 5.70. The summed E-state index contributed by atoms with van der Waals surface area (Å²) < 4.78 is 8.55. The molecule has 180 valence electrons. The van der Waals surface area contributed by atoms with Gasteiger partial charge in [0.15, 0.2) is 0 Å². The van der Waals surface area contributed by atoms with Crippen LogP contribution in [0.3, 0.4) is 0 Å². The van der Waals surface area contributed by atoms with Gasteiger partial charge in [-0.25, -0.2) is 14.5 Å². The zero-order valence-electron chi connectivity index (χ0n) is 19.5. The quantitative estimate of drug-likeness (QED) is 0.391. The van der Waals surface area contributed by atoms with Crippen molar-refractivity contribution in [3.63, 3.8) is 0 Å². The molecule has 10 nitrogen and oxygen atoms in total. The van der Waals surface area contributed by atoms with E-state index in [1.165, 1.54) is 6.33 Å². The molecule has 1 aliphatic heterocycles. The number of halogens is 1. The third-order valence-corrected chi connectivity index (χ3v) is 7.17. The molecule has 11 heteroatoms. The van der Waals surface area contributed by atoms with Crippen LogP contribution < -0.4 is 15.2 Å². The average molecular weight is 501 g/mol. The summed E-state index contributed by atoms with van der Waals surface area (Å²) >= 11 is 6.35. The minimum atomic E-state index is -0.261. The molecule has 6 rings (SSSR count).